The summed E-state index contributed by atoms with van der Waals surface area (Å²) in [6, 6.07) is 1.84. The summed E-state index contributed by atoms with van der Waals surface area (Å²) in [4.78, 5) is 11.3. The van der Waals surface area contributed by atoms with E-state index >= 15 is 0 Å². The van der Waals surface area contributed by atoms with Gasteiger partial charge in [0.05, 0.1) is 18.8 Å². The predicted molar refractivity (Wildman–Crippen MR) is 72.0 cm³/mol. The molecule has 0 aliphatic heterocycles. The molecular weight excluding hydrogens is 254 g/mol. The van der Waals surface area contributed by atoms with E-state index in [1.54, 1.807) is 4.68 Å². The molecule has 0 bridgehead atoms. The normalized spacial score (nSPS) is 11.6. The Kier molecular flexibility index (Phi) is 5.16. The monoisotopic (exact) mass is 273 g/mol. The fourth-order valence-electron chi connectivity index (χ4n) is 1.47. The zero-order valence-electron chi connectivity index (χ0n) is 11.0. The molecule has 1 aromatic heterocycles. The molecule has 1 aromatic rings. The topological polar surface area (TPSA) is 67.2 Å². The van der Waals surface area contributed by atoms with Crippen molar-refractivity contribution in [1.82, 2.24) is 9.78 Å². The van der Waals surface area contributed by atoms with Crippen molar-refractivity contribution in [2.75, 3.05) is 17.8 Å². The van der Waals surface area contributed by atoms with Crippen molar-refractivity contribution in [3.8, 4) is 0 Å². The van der Waals surface area contributed by atoms with Crippen LogP contribution in [0.25, 0.3) is 0 Å². The van der Waals surface area contributed by atoms with Crippen molar-refractivity contribution >= 4 is 23.3 Å². The quantitative estimate of drug-likeness (QED) is 0.776. The summed E-state index contributed by atoms with van der Waals surface area (Å²) < 4.78 is 1.59. The highest BCUT2D eigenvalue weighted by atomic mass is 35.5. The lowest BCUT2D eigenvalue weighted by Crippen LogP contribution is -2.18. The van der Waals surface area contributed by atoms with Gasteiger partial charge < -0.3 is 10.4 Å². The van der Waals surface area contributed by atoms with Crippen molar-refractivity contribution in [3.05, 3.63) is 11.8 Å². The summed E-state index contributed by atoms with van der Waals surface area (Å²) in [6.07, 6.45) is 0.937. The van der Waals surface area contributed by atoms with Crippen molar-refractivity contribution in [2.24, 2.45) is 0 Å². The molecule has 6 heteroatoms. The molecule has 0 aromatic carbocycles. The van der Waals surface area contributed by atoms with Gasteiger partial charge in [0.1, 0.15) is 11.7 Å². The van der Waals surface area contributed by atoms with Crippen LogP contribution in [0.4, 0.5) is 5.82 Å². The molecule has 0 saturated heterocycles. The Balaban J connectivity index is 3.04. The maximum absolute atomic E-state index is 11.3. The third-order valence-electron chi connectivity index (χ3n) is 3.06. The van der Waals surface area contributed by atoms with E-state index in [-0.39, 0.29) is 23.8 Å². The summed E-state index contributed by atoms with van der Waals surface area (Å²) in [6.45, 7) is 6.58. The fraction of sp³-hybridized carbons (Fsp3) is 0.667. The molecule has 1 rings (SSSR count). The number of amides is 1. The van der Waals surface area contributed by atoms with Crippen LogP contribution in [0.5, 0.6) is 0 Å². The minimum atomic E-state index is -0.281. The minimum Gasteiger partial charge on any atom is -0.394 e. The van der Waals surface area contributed by atoms with Crippen LogP contribution in [0, 0.1) is 0 Å². The molecule has 1 amide bonds. The van der Waals surface area contributed by atoms with Gasteiger partial charge in [-0.15, -0.1) is 11.6 Å². The van der Waals surface area contributed by atoms with Gasteiger partial charge in [-0.25, -0.2) is 4.68 Å². The fourth-order valence-corrected chi connectivity index (χ4v) is 1.54. The Morgan fingerprint density at radius 3 is 2.78 bits per heavy atom. The van der Waals surface area contributed by atoms with Crippen LogP contribution < -0.4 is 5.32 Å². The summed E-state index contributed by atoms with van der Waals surface area (Å²) in [5.41, 5.74) is 0.824. The van der Waals surface area contributed by atoms with E-state index in [1.165, 1.54) is 0 Å². The van der Waals surface area contributed by atoms with Crippen LogP contribution in [0.3, 0.4) is 0 Å². The molecule has 0 fully saturated rings. The molecule has 18 heavy (non-hydrogen) atoms. The number of carbonyl (C=O) groups is 1. The van der Waals surface area contributed by atoms with Crippen LogP contribution in [-0.4, -0.2) is 33.3 Å². The number of carbonyl (C=O) groups excluding carboxylic acids is 1. The van der Waals surface area contributed by atoms with Crippen molar-refractivity contribution in [2.45, 2.75) is 39.2 Å². The first-order valence-electron chi connectivity index (χ1n) is 5.99. The molecular formula is C12H20ClN3O2. The standard InChI is InChI=1S/C12H20ClN3O2/c1-4-12(2,3)9-7-10(14-11(18)8-13)16(15-9)5-6-17/h7,17H,4-6,8H2,1-3H3,(H,14,18). The third-order valence-corrected chi connectivity index (χ3v) is 3.30. The molecule has 0 aliphatic carbocycles. The number of anilines is 1. The molecule has 0 radical (unpaired) electrons. The Labute approximate surface area is 112 Å². The molecule has 5 nitrogen and oxygen atoms in total. The highest BCUT2D eigenvalue weighted by Crippen LogP contribution is 2.27. The van der Waals surface area contributed by atoms with Crippen LogP contribution in [-0.2, 0) is 16.8 Å². The maximum Gasteiger partial charge on any atom is 0.240 e. The number of hydrogen-bond donors (Lipinski definition) is 2. The second kappa shape index (κ2) is 6.20. The summed E-state index contributed by atoms with van der Waals surface area (Å²) in [5.74, 6) is 0.194. The largest absolute Gasteiger partial charge is 0.394 e. The van der Waals surface area contributed by atoms with Crippen molar-refractivity contribution in [1.29, 1.82) is 0 Å². The van der Waals surface area contributed by atoms with Crippen molar-refractivity contribution in [3.63, 3.8) is 0 Å². The molecule has 102 valence electrons. The van der Waals surface area contributed by atoms with Crippen LogP contribution in [0.15, 0.2) is 6.07 Å². The first-order chi connectivity index (χ1) is 8.44. The van der Waals surface area contributed by atoms with E-state index in [2.05, 4.69) is 31.2 Å². The summed E-state index contributed by atoms with van der Waals surface area (Å²) >= 11 is 5.46. The number of rotatable bonds is 6. The van der Waals surface area contributed by atoms with E-state index in [0.29, 0.717) is 12.4 Å². The van der Waals surface area contributed by atoms with Gasteiger partial charge >= 0.3 is 0 Å². The average Bonchev–Trinajstić information content (AvgIpc) is 2.73. The molecule has 0 atom stereocenters. The second-order valence-corrected chi connectivity index (χ2v) is 5.05. The number of aliphatic hydroxyl groups is 1. The first kappa shape index (κ1) is 15.0. The predicted octanol–water partition coefficient (Wildman–Crippen LogP) is 1.74. The lowest BCUT2D eigenvalue weighted by molar-refractivity contribution is -0.114. The Hall–Kier alpha value is -1.07. The highest BCUT2D eigenvalue weighted by molar-refractivity contribution is 6.29. The molecule has 2 N–H and O–H groups in total. The zero-order chi connectivity index (χ0) is 13.8. The number of alkyl halides is 1. The Bertz CT molecular complexity index is 415. The van der Waals surface area contributed by atoms with Gasteiger partial charge in [-0.2, -0.15) is 5.10 Å². The van der Waals surface area contributed by atoms with Gasteiger partial charge in [-0.1, -0.05) is 20.8 Å². The van der Waals surface area contributed by atoms with Gasteiger partial charge in [0.15, 0.2) is 0 Å². The summed E-state index contributed by atoms with van der Waals surface area (Å²) in [7, 11) is 0. The number of aromatic nitrogens is 2. The third kappa shape index (κ3) is 3.46. The maximum atomic E-state index is 11.3. The Morgan fingerprint density at radius 1 is 1.61 bits per heavy atom. The van der Waals surface area contributed by atoms with E-state index in [9.17, 15) is 4.79 Å². The number of halogens is 1. The lowest BCUT2D eigenvalue weighted by atomic mass is 9.87. The van der Waals surface area contributed by atoms with E-state index in [0.717, 1.165) is 12.1 Å². The minimum absolute atomic E-state index is 0.0303. The number of nitrogens with one attached hydrogen (secondary N) is 1. The van der Waals surface area contributed by atoms with E-state index < -0.39 is 0 Å². The van der Waals surface area contributed by atoms with E-state index in [4.69, 9.17) is 16.7 Å². The number of hydrogen-bond acceptors (Lipinski definition) is 3. The molecule has 0 spiro atoms. The first-order valence-corrected chi connectivity index (χ1v) is 6.53. The SMILES string of the molecule is CCC(C)(C)c1cc(NC(=O)CCl)n(CCO)n1. The van der Waals surface area contributed by atoms with Gasteiger partial charge in [0, 0.05) is 11.5 Å². The lowest BCUT2D eigenvalue weighted by Gasteiger charge is -2.19. The highest BCUT2D eigenvalue weighted by Gasteiger charge is 2.23. The van der Waals surface area contributed by atoms with Crippen molar-refractivity contribution < 1.29 is 9.90 Å². The molecule has 1 heterocycles. The van der Waals surface area contributed by atoms with Gasteiger partial charge in [0.25, 0.3) is 0 Å². The Morgan fingerprint density at radius 2 is 2.28 bits per heavy atom. The van der Waals surface area contributed by atoms with Gasteiger partial charge in [-0.05, 0) is 6.42 Å². The van der Waals surface area contributed by atoms with Gasteiger partial charge in [0.2, 0.25) is 5.91 Å². The zero-order valence-corrected chi connectivity index (χ0v) is 11.8. The van der Waals surface area contributed by atoms with Gasteiger partial charge in [-0.3, -0.25) is 4.79 Å². The van der Waals surface area contributed by atoms with E-state index in [1.807, 2.05) is 6.07 Å². The smallest absolute Gasteiger partial charge is 0.240 e. The van der Waals surface area contributed by atoms with Crippen LogP contribution in [0.1, 0.15) is 32.9 Å². The molecule has 0 saturated carbocycles. The summed E-state index contributed by atoms with van der Waals surface area (Å²) in [5, 5.41) is 16.1. The number of nitrogens with zero attached hydrogens (tertiary/aromatic N) is 2. The van der Waals surface area contributed by atoms with Crippen LogP contribution >= 0.6 is 11.6 Å². The second-order valence-electron chi connectivity index (χ2n) is 4.78. The van der Waals surface area contributed by atoms with Crippen LogP contribution in [0.2, 0.25) is 0 Å². The number of aliphatic hydroxyl groups excluding tert-OH is 1. The molecule has 0 aliphatic rings. The average molecular weight is 274 g/mol. The molecule has 0 unspecified atom stereocenters.